The molecule has 13 heteroatoms. The maximum absolute atomic E-state index is 13.6. The molecule has 6 atom stereocenters. The van der Waals surface area contributed by atoms with Crippen LogP contribution in [0.25, 0.3) is 0 Å². The summed E-state index contributed by atoms with van der Waals surface area (Å²) >= 11 is 1.22. The van der Waals surface area contributed by atoms with Gasteiger partial charge in [0.05, 0.1) is 30.7 Å². The van der Waals surface area contributed by atoms with Gasteiger partial charge in [-0.2, -0.15) is 5.09 Å². The molecule has 3 rings (SSSR count). The second-order valence-corrected chi connectivity index (χ2v) is 11.8. The molecule has 194 valence electrons. The minimum atomic E-state index is -4.12. The van der Waals surface area contributed by atoms with E-state index in [-0.39, 0.29) is 31.0 Å². The molecule has 11 nitrogen and oxygen atoms in total. The Morgan fingerprint density at radius 3 is 2.63 bits per heavy atom. The van der Waals surface area contributed by atoms with Crippen molar-refractivity contribution in [2.75, 3.05) is 13.3 Å². The largest absolute Gasteiger partial charge is 0.462 e. The third kappa shape index (κ3) is 6.99. The topological polar surface area (TPSA) is 147 Å². The van der Waals surface area contributed by atoms with Crippen LogP contribution in [0.2, 0.25) is 0 Å². The molecule has 0 aliphatic carbocycles. The molecule has 0 radical (unpaired) electrons. The average Bonchev–Trinajstić information content (AvgIpc) is 3.02. The second kappa shape index (κ2) is 11.3. The number of nitrogens with one attached hydrogen (secondary N) is 2. The van der Waals surface area contributed by atoms with Gasteiger partial charge < -0.3 is 29.7 Å². The normalized spacial score (nSPS) is 28.9. The fourth-order valence-electron chi connectivity index (χ4n) is 3.56. The molecular weight excluding hydrogens is 497 g/mol. The van der Waals surface area contributed by atoms with Gasteiger partial charge >= 0.3 is 13.7 Å². The predicted octanol–water partition coefficient (Wildman–Crippen LogP) is 1.58. The quantitative estimate of drug-likeness (QED) is 0.259. The van der Waals surface area contributed by atoms with Gasteiger partial charge in [0.2, 0.25) is 5.91 Å². The van der Waals surface area contributed by atoms with Crippen LogP contribution in [0.4, 0.5) is 0 Å². The van der Waals surface area contributed by atoms with Crippen LogP contribution in [0.3, 0.4) is 0 Å². The Kier molecular flexibility index (Phi) is 8.90. The summed E-state index contributed by atoms with van der Waals surface area (Å²) in [4.78, 5) is 25.4. The zero-order valence-corrected chi connectivity index (χ0v) is 21.7. The molecule has 35 heavy (non-hydrogen) atoms. The lowest BCUT2D eigenvalue weighted by molar-refractivity contribution is -0.149. The third-order valence-electron chi connectivity index (χ3n) is 5.34. The van der Waals surface area contributed by atoms with Crippen molar-refractivity contribution >= 4 is 31.4 Å². The Morgan fingerprint density at radius 1 is 1.34 bits per heavy atom. The summed E-state index contributed by atoms with van der Waals surface area (Å²) in [5, 5.41) is 25.8. The van der Waals surface area contributed by atoms with Crippen LogP contribution in [0.5, 0.6) is 5.75 Å². The van der Waals surface area contributed by atoms with Gasteiger partial charge in [-0.3, -0.25) is 14.1 Å². The Hall–Kier alpha value is -2.08. The van der Waals surface area contributed by atoms with Gasteiger partial charge in [0.15, 0.2) is 0 Å². The number of hydrogen-bond donors (Lipinski definition) is 4. The number of carbonyl (C=O) groups is 2. The smallest absolute Gasteiger partial charge is 0.459 e. The van der Waals surface area contributed by atoms with Crippen LogP contribution in [0, 0.1) is 0 Å². The number of aliphatic hydroxyl groups excluding tert-OH is 1. The van der Waals surface area contributed by atoms with Crippen LogP contribution >= 0.6 is 19.5 Å². The highest BCUT2D eigenvalue weighted by Gasteiger charge is 2.54. The van der Waals surface area contributed by atoms with Gasteiger partial charge in [-0.05, 0) is 39.8 Å². The van der Waals surface area contributed by atoms with Gasteiger partial charge in [-0.15, -0.1) is 11.8 Å². The summed E-state index contributed by atoms with van der Waals surface area (Å²) in [6.45, 7) is 6.27. The monoisotopic (exact) mass is 529 g/mol. The molecule has 1 aromatic carbocycles. The molecule has 0 bridgehead atoms. The molecule has 0 spiro atoms. The van der Waals surface area contributed by atoms with E-state index in [9.17, 15) is 24.4 Å². The van der Waals surface area contributed by atoms with E-state index < -0.39 is 42.1 Å². The van der Waals surface area contributed by atoms with Gasteiger partial charge in [0, 0.05) is 12.3 Å². The van der Waals surface area contributed by atoms with Gasteiger partial charge in [0.25, 0.3) is 0 Å². The zero-order valence-electron chi connectivity index (χ0n) is 20.0. The summed E-state index contributed by atoms with van der Waals surface area (Å²) in [7, 11) is -4.12. The summed E-state index contributed by atoms with van der Waals surface area (Å²) in [5.74, 6) is -0.622. The zero-order chi connectivity index (χ0) is 25.8. The Morgan fingerprint density at radius 2 is 2.03 bits per heavy atom. The molecule has 2 aliphatic heterocycles. The lowest BCUT2D eigenvalue weighted by Gasteiger charge is -2.37. The SMILES string of the molecule is CC(C)OC(=O)[C@@H](C)NP(=O)(OC[C@H]1S[C@@H](N2C=CC(=O)NC2)[C@](C)(O)[C@@H]1O)Oc1ccccc1. The van der Waals surface area contributed by atoms with E-state index in [1.807, 2.05) is 0 Å². The van der Waals surface area contributed by atoms with Crippen molar-refractivity contribution in [2.45, 2.75) is 62.2 Å². The van der Waals surface area contributed by atoms with Crippen molar-refractivity contribution in [2.24, 2.45) is 0 Å². The molecule has 1 fully saturated rings. The van der Waals surface area contributed by atoms with Crippen molar-refractivity contribution in [3.8, 4) is 5.75 Å². The first-order chi connectivity index (χ1) is 16.4. The number of amides is 1. The van der Waals surface area contributed by atoms with Crippen molar-refractivity contribution in [3.63, 3.8) is 0 Å². The lowest BCUT2D eigenvalue weighted by Crippen LogP contribution is -2.54. The highest BCUT2D eigenvalue weighted by molar-refractivity contribution is 8.00. The van der Waals surface area contributed by atoms with E-state index in [4.69, 9.17) is 13.8 Å². The number of aliphatic hydroxyl groups is 2. The first-order valence-corrected chi connectivity index (χ1v) is 13.6. The predicted molar refractivity (Wildman–Crippen MR) is 130 cm³/mol. The highest BCUT2D eigenvalue weighted by Crippen LogP contribution is 2.49. The van der Waals surface area contributed by atoms with Crippen LogP contribution < -0.4 is 14.9 Å². The third-order valence-corrected chi connectivity index (χ3v) is 8.74. The van der Waals surface area contributed by atoms with Crippen molar-refractivity contribution in [1.29, 1.82) is 0 Å². The van der Waals surface area contributed by atoms with Crippen LogP contribution in [-0.4, -0.2) is 74.7 Å². The molecule has 0 saturated carbocycles. The maximum Gasteiger partial charge on any atom is 0.459 e. The summed E-state index contributed by atoms with van der Waals surface area (Å²) < 4.78 is 30.1. The average molecular weight is 530 g/mol. The number of benzene rings is 1. The van der Waals surface area contributed by atoms with Gasteiger partial charge in [-0.25, -0.2) is 4.57 Å². The number of hydrogen-bond acceptors (Lipinski definition) is 10. The molecule has 1 unspecified atom stereocenters. The fourth-order valence-corrected chi connectivity index (χ4v) is 6.79. The van der Waals surface area contributed by atoms with Crippen LogP contribution in [0.15, 0.2) is 42.6 Å². The molecule has 1 saturated heterocycles. The summed E-state index contributed by atoms with van der Waals surface area (Å²) in [6, 6.07) is 7.32. The molecule has 4 N–H and O–H groups in total. The Bertz CT molecular complexity index is 977. The van der Waals surface area contributed by atoms with E-state index in [0.29, 0.717) is 0 Å². The molecule has 1 aromatic rings. The van der Waals surface area contributed by atoms with E-state index in [0.717, 1.165) is 0 Å². The number of ether oxygens (including phenoxy) is 1. The Balaban J connectivity index is 1.73. The number of nitrogens with zero attached hydrogens (tertiary/aromatic N) is 1. The van der Waals surface area contributed by atoms with Crippen LogP contribution in [-0.2, 0) is 23.4 Å². The maximum atomic E-state index is 13.6. The lowest BCUT2D eigenvalue weighted by atomic mass is 9.96. The Labute approximate surface area is 208 Å². The molecule has 2 aliphatic rings. The first kappa shape index (κ1) is 27.5. The van der Waals surface area contributed by atoms with E-state index in [1.54, 1.807) is 55.3 Å². The molecule has 2 heterocycles. The van der Waals surface area contributed by atoms with Crippen LogP contribution in [0.1, 0.15) is 27.7 Å². The van der Waals surface area contributed by atoms with E-state index >= 15 is 0 Å². The second-order valence-electron chi connectivity index (χ2n) is 8.76. The van der Waals surface area contributed by atoms with Crippen molar-refractivity contribution in [1.82, 2.24) is 15.3 Å². The van der Waals surface area contributed by atoms with Gasteiger partial charge in [-0.1, -0.05) is 18.2 Å². The molecular formula is C22H32N3O8PS. The van der Waals surface area contributed by atoms with Gasteiger partial charge in [0.1, 0.15) is 22.8 Å². The van der Waals surface area contributed by atoms with E-state index in [1.165, 1.54) is 31.7 Å². The number of rotatable bonds is 10. The number of thioether (sulfide) groups is 1. The highest BCUT2D eigenvalue weighted by atomic mass is 32.2. The fraction of sp³-hybridized carbons (Fsp3) is 0.545. The summed E-state index contributed by atoms with van der Waals surface area (Å²) in [6.07, 6.45) is 1.28. The number of carbonyl (C=O) groups excluding carboxylic acids is 2. The standard InChI is InChI=1S/C22H32N3O8PS/c1-14(2)32-20(28)15(3)24-34(30,33-16-8-6-5-7-9-16)31-12-17-19(27)22(4,29)21(35-17)25-11-10-18(26)23-13-25/h5-11,14-15,17,19,21,27,29H,12-13H2,1-4H3,(H,23,26)(H,24,30)/t15-,17-,19-,21-,22-,34?/m1/s1. The molecule has 0 aromatic heterocycles. The number of para-hydroxylation sites is 1. The van der Waals surface area contributed by atoms with E-state index in [2.05, 4.69) is 10.4 Å². The van der Waals surface area contributed by atoms with Crippen molar-refractivity contribution < 1.29 is 38.2 Å². The minimum absolute atomic E-state index is 0.163. The minimum Gasteiger partial charge on any atom is -0.462 e. The first-order valence-electron chi connectivity index (χ1n) is 11.2. The molecule has 1 amide bonds. The summed E-state index contributed by atoms with van der Waals surface area (Å²) in [5.41, 5.74) is -1.56. The number of esters is 1. The van der Waals surface area contributed by atoms with Crippen molar-refractivity contribution in [3.05, 3.63) is 42.6 Å².